The highest BCUT2D eigenvalue weighted by atomic mass is 16.5. The molecule has 1 saturated carbocycles. The summed E-state index contributed by atoms with van der Waals surface area (Å²) < 4.78 is 5.31. The third-order valence-electron chi connectivity index (χ3n) is 5.86. The first-order chi connectivity index (χ1) is 9.73. The Bertz CT molecular complexity index is 367. The summed E-state index contributed by atoms with van der Waals surface area (Å²) >= 11 is 0. The fourth-order valence-corrected chi connectivity index (χ4v) is 4.86. The summed E-state index contributed by atoms with van der Waals surface area (Å²) in [6, 6.07) is 0.481. The summed E-state index contributed by atoms with van der Waals surface area (Å²) in [5.74, 6) is 1.08. The van der Waals surface area contributed by atoms with Crippen LogP contribution in [0.15, 0.2) is 0 Å². The fraction of sp³-hybridized carbons (Fsp3) is 0.938. The molecular weight excluding hydrogens is 254 g/mol. The van der Waals surface area contributed by atoms with E-state index < -0.39 is 5.54 Å². The number of aliphatic hydroxyl groups is 1. The standard InChI is InChI=1S/C16H27NO3/c1-20-11-16(10-18)15(19)13-7-8-17(16)14(9-13)12-5-3-2-4-6-12/h12-14,18H,2-11H2,1H3/t13-,14-,16+/m0/s1. The van der Waals surface area contributed by atoms with Crippen molar-refractivity contribution in [1.29, 1.82) is 0 Å². The molecule has 4 fully saturated rings. The monoisotopic (exact) mass is 281 g/mol. The summed E-state index contributed by atoms with van der Waals surface area (Å²) in [7, 11) is 1.63. The van der Waals surface area contributed by atoms with Crippen LogP contribution in [0, 0.1) is 11.8 Å². The van der Waals surface area contributed by atoms with Gasteiger partial charge in [0.2, 0.25) is 0 Å². The predicted molar refractivity (Wildman–Crippen MR) is 76.5 cm³/mol. The zero-order chi connectivity index (χ0) is 14.2. The van der Waals surface area contributed by atoms with Crippen LogP contribution in [0.2, 0.25) is 0 Å². The van der Waals surface area contributed by atoms with E-state index in [1.165, 1.54) is 32.1 Å². The minimum Gasteiger partial charge on any atom is -0.394 e. The van der Waals surface area contributed by atoms with Gasteiger partial charge in [0.1, 0.15) is 5.54 Å². The predicted octanol–water partition coefficient (Wildman–Crippen LogP) is 1.61. The van der Waals surface area contributed by atoms with E-state index in [1.807, 2.05) is 0 Å². The summed E-state index contributed by atoms with van der Waals surface area (Å²) in [5, 5.41) is 9.94. The average molecular weight is 281 g/mol. The van der Waals surface area contributed by atoms with E-state index >= 15 is 0 Å². The third-order valence-corrected chi connectivity index (χ3v) is 5.86. The molecule has 4 rings (SSSR count). The molecule has 20 heavy (non-hydrogen) atoms. The van der Waals surface area contributed by atoms with E-state index in [1.54, 1.807) is 7.11 Å². The van der Waals surface area contributed by atoms with Crippen LogP contribution in [0.25, 0.3) is 0 Å². The molecule has 3 aliphatic heterocycles. The molecule has 4 aliphatic rings. The lowest BCUT2D eigenvalue weighted by Gasteiger charge is -2.58. The lowest BCUT2D eigenvalue weighted by molar-refractivity contribution is -0.170. The Kier molecular flexibility index (Phi) is 4.16. The largest absolute Gasteiger partial charge is 0.394 e. The minimum absolute atomic E-state index is 0.0978. The molecule has 0 aromatic rings. The molecular formula is C16H27NO3. The Hall–Kier alpha value is -0.450. The Morgan fingerprint density at radius 3 is 2.70 bits per heavy atom. The zero-order valence-electron chi connectivity index (χ0n) is 12.5. The van der Waals surface area contributed by atoms with E-state index in [9.17, 15) is 9.90 Å². The van der Waals surface area contributed by atoms with Gasteiger partial charge in [0, 0.05) is 25.6 Å². The van der Waals surface area contributed by atoms with E-state index in [0.29, 0.717) is 18.6 Å². The molecule has 3 saturated heterocycles. The molecule has 2 bridgehead atoms. The van der Waals surface area contributed by atoms with Crippen LogP contribution >= 0.6 is 0 Å². The number of aliphatic hydroxyl groups excluding tert-OH is 1. The summed E-state index contributed by atoms with van der Waals surface area (Å²) in [6.45, 7) is 1.18. The SMILES string of the molecule is COC[C@]1(CO)C(=O)[C@H]2CCN1[C@H](C1CCCCC1)C2. The molecule has 114 valence electrons. The maximum absolute atomic E-state index is 12.7. The molecule has 0 spiro atoms. The number of hydrogen-bond acceptors (Lipinski definition) is 4. The van der Waals surface area contributed by atoms with Gasteiger partial charge in [0.05, 0.1) is 13.2 Å². The Morgan fingerprint density at radius 1 is 1.30 bits per heavy atom. The van der Waals surface area contributed by atoms with Gasteiger partial charge in [-0.2, -0.15) is 0 Å². The molecule has 4 heteroatoms. The number of hydrogen-bond donors (Lipinski definition) is 1. The molecule has 1 N–H and O–H groups in total. The van der Waals surface area contributed by atoms with Crippen molar-refractivity contribution in [1.82, 2.24) is 4.90 Å². The van der Waals surface area contributed by atoms with Crippen LogP contribution in [0.1, 0.15) is 44.9 Å². The molecule has 4 atom stereocenters. The van der Waals surface area contributed by atoms with Gasteiger partial charge in [0.25, 0.3) is 0 Å². The van der Waals surface area contributed by atoms with Gasteiger partial charge in [0.15, 0.2) is 5.78 Å². The molecule has 0 aromatic heterocycles. The number of carbonyl (C=O) groups excluding carboxylic acids is 1. The number of Topliss-reactive ketones (excluding diaryl/α,β-unsaturated/α-hetero) is 1. The van der Waals surface area contributed by atoms with Gasteiger partial charge in [-0.1, -0.05) is 19.3 Å². The Labute approximate surface area is 121 Å². The topological polar surface area (TPSA) is 49.8 Å². The number of methoxy groups -OCH3 is 1. The first-order valence-corrected chi connectivity index (χ1v) is 8.14. The Balaban J connectivity index is 1.86. The van der Waals surface area contributed by atoms with Crippen molar-refractivity contribution in [2.75, 3.05) is 26.9 Å². The quantitative estimate of drug-likeness (QED) is 0.850. The molecule has 1 aliphatic carbocycles. The first-order valence-electron chi connectivity index (χ1n) is 8.14. The van der Waals surface area contributed by atoms with Gasteiger partial charge in [-0.25, -0.2) is 0 Å². The number of rotatable bonds is 4. The van der Waals surface area contributed by atoms with Crippen LogP contribution in [0.4, 0.5) is 0 Å². The average Bonchev–Trinajstić information content (AvgIpc) is 2.52. The van der Waals surface area contributed by atoms with E-state index in [0.717, 1.165) is 19.4 Å². The number of fused-ring (bicyclic) bond motifs is 3. The summed E-state index contributed by atoms with van der Waals surface area (Å²) in [5.41, 5.74) is -0.752. The van der Waals surface area contributed by atoms with Crippen LogP contribution in [-0.4, -0.2) is 54.2 Å². The second-order valence-electron chi connectivity index (χ2n) is 6.87. The molecule has 3 heterocycles. The fourth-order valence-electron chi connectivity index (χ4n) is 4.86. The first kappa shape index (κ1) is 14.5. The molecule has 4 nitrogen and oxygen atoms in total. The molecule has 0 aromatic carbocycles. The van der Waals surface area contributed by atoms with Crippen molar-refractivity contribution >= 4 is 5.78 Å². The van der Waals surface area contributed by atoms with Crippen LogP contribution in [0.5, 0.6) is 0 Å². The molecule has 0 radical (unpaired) electrons. The number of ketones is 1. The lowest BCUT2D eigenvalue weighted by Crippen LogP contribution is -2.73. The van der Waals surface area contributed by atoms with Crippen LogP contribution in [0.3, 0.4) is 0 Å². The van der Waals surface area contributed by atoms with Crippen molar-refractivity contribution in [3.05, 3.63) is 0 Å². The minimum atomic E-state index is -0.752. The lowest BCUT2D eigenvalue weighted by atomic mass is 9.66. The number of nitrogens with zero attached hydrogens (tertiary/aromatic N) is 1. The van der Waals surface area contributed by atoms with Gasteiger partial charge in [-0.15, -0.1) is 0 Å². The van der Waals surface area contributed by atoms with Gasteiger partial charge < -0.3 is 9.84 Å². The highest BCUT2D eigenvalue weighted by Crippen LogP contribution is 2.45. The number of ether oxygens (including phenoxy) is 1. The van der Waals surface area contributed by atoms with Crippen molar-refractivity contribution < 1.29 is 14.6 Å². The van der Waals surface area contributed by atoms with Crippen molar-refractivity contribution in [3.63, 3.8) is 0 Å². The highest BCUT2D eigenvalue weighted by Gasteiger charge is 2.57. The number of carbonyl (C=O) groups is 1. The van der Waals surface area contributed by atoms with Crippen molar-refractivity contribution in [3.8, 4) is 0 Å². The van der Waals surface area contributed by atoms with Gasteiger partial charge >= 0.3 is 0 Å². The van der Waals surface area contributed by atoms with E-state index in [2.05, 4.69) is 4.90 Å². The highest BCUT2D eigenvalue weighted by molar-refractivity contribution is 5.92. The van der Waals surface area contributed by atoms with Crippen molar-refractivity contribution in [2.24, 2.45) is 11.8 Å². The van der Waals surface area contributed by atoms with Gasteiger partial charge in [-0.05, 0) is 31.6 Å². The third kappa shape index (κ3) is 2.13. The second kappa shape index (κ2) is 5.74. The maximum Gasteiger partial charge on any atom is 0.161 e. The van der Waals surface area contributed by atoms with Crippen LogP contribution in [-0.2, 0) is 9.53 Å². The molecule has 0 amide bonds. The van der Waals surface area contributed by atoms with Gasteiger partial charge in [-0.3, -0.25) is 9.69 Å². The van der Waals surface area contributed by atoms with E-state index in [4.69, 9.17) is 4.74 Å². The second-order valence-corrected chi connectivity index (χ2v) is 6.87. The summed E-state index contributed by atoms with van der Waals surface area (Å²) in [6.07, 6.45) is 8.55. The maximum atomic E-state index is 12.7. The van der Waals surface area contributed by atoms with Crippen LogP contribution < -0.4 is 0 Å². The summed E-state index contributed by atoms with van der Waals surface area (Å²) in [4.78, 5) is 15.0. The smallest absolute Gasteiger partial charge is 0.161 e. The zero-order valence-corrected chi connectivity index (χ0v) is 12.5. The number of piperidine rings is 3. The van der Waals surface area contributed by atoms with Crippen molar-refractivity contribution in [2.45, 2.75) is 56.5 Å². The Morgan fingerprint density at radius 2 is 2.05 bits per heavy atom. The molecule has 1 unspecified atom stereocenters. The van der Waals surface area contributed by atoms with E-state index in [-0.39, 0.29) is 18.3 Å². The normalized spacial score (nSPS) is 42.1.